The molecule has 0 aromatic heterocycles. The molecule has 0 saturated heterocycles. The van der Waals surface area contributed by atoms with Gasteiger partial charge in [0.1, 0.15) is 0 Å². The first-order valence-electron chi connectivity index (χ1n) is 7.08. The summed E-state index contributed by atoms with van der Waals surface area (Å²) >= 11 is 0. The van der Waals surface area contributed by atoms with Crippen LogP contribution in [0.4, 0.5) is 5.69 Å². The van der Waals surface area contributed by atoms with Gasteiger partial charge in [0.15, 0.2) is 0 Å². The predicted molar refractivity (Wildman–Crippen MR) is 86.3 cm³/mol. The summed E-state index contributed by atoms with van der Waals surface area (Å²) in [5.41, 5.74) is 4.39. The highest BCUT2D eigenvalue weighted by Gasteiger charge is 2.20. The van der Waals surface area contributed by atoms with Crippen LogP contribution in [0.2, 0.25) is 0 Å². The molecule has 1 aromatic rings. The lowest BCUT2D eigenvalue weighted by Crippen LogP contribution is -2.46. The van der Waals surface area contributed by atoms with Crippen LogP contribution in [0.1, 0.15) is 45.7 Å². The normalized spacial score (nSPS) is 12.6. The van der Waals surface area contributed by atoms with E-state index in [1.807, 2.05) is 7.05 Å². The summed E-state index contributed by atoms with van der Waals surface area (Å²) < 4.78 is 0. The zero-order valence-corrected chi connectivity index (χ0v) is 13.9. The topological polar surface area (TPSA) is 15.3 Å². The maximum Gasteiger partial charge on any atom is 0.0394 e. The third kappa shape index (κ3) is 4.24. The van der Waals surface area contributed by atoms with Gasteiger partial charge in [-0.25, -0.2) is 0 Å². The van der Waals surface area contributed by atoms with Crippen LogP contribution in [0, 0.1) is 6.92 Å². The Morgan fingerprint density at radius 1 is 1.11 bits per heavy atom. The molecule has 19 heavy (non-hydrogen) atoms. The summed E-state index contributed by atoms with van der Waals surface area (Å²) in [6.07, 6.45) is 0. The number of hydrogen-bond acceptors (Lipinski definition) is 2. The van der Waals surface area contributed by atoms with Gasteiger partial charge in [-0.15, -0.1) is 0 Å². The van der Waals surface area contributed by atoms with Crippen LogP contribution in [-0.2, 0) is 5.41 Å². The van der Waals surface area contributed by atoms with Gasteiger partial charge in [0.05, 0.1) is 0 Å². The molecule has 0 bridgehead atoms. The quantitative estimate of drug-likeness (QED) is 0.889. The van der Waals surface area contributed by atoms with Crippen LogP contribution in [-0.4, -0.2) is 26.2 Å². The van der Waals surface area contributed by atoms with Crippen LogP contribution in [0.15, 0.2) is 18.2 Å². The molecule has 1 aromatic carbocycles. The maximum absolute atomic E-state index is 3.36. The smallest absolute Gasteiger partial charge is 0.0394 e. The van der Waals surface area contributed by atoms with E-state index in [0.717, 1.165) is 6.54 Å². The molecule has 0 unspecified atom stereocenters. The first kappa shape index (κ1) is 16.0. The number of hydrogen-bond donors (Lipinski definition) is 1. The fraction of sp³-hybridized carbons (Fsp3) is 0.647. The van der Waals surface area contributed by atoms with Gasteiger partial charge in [-0.2, -0.15) is 0 Å². The van der Waals surface area contributed by atoms with Crippen molar-refractivity contribution in [3.63, 3.8) is 0 Å². The second kappa shape index (κ2) is 5.54. The van der Waals surface area contributed by atoms with E-state index in [2.05, 4.69) is 77.0 Å². The van der Waals surface area contributed by atoms with Crippen LogP contribution >= 0.6 is 0 Å². The molecule has 0 amide bonds. The number of nitrogens with one attached hydrogen (secondary N) is 1. The van der Waals surface area contributed by atoms with E-state index in [-0.39, 0.29) is 11.0 Å². The van der Waals surface area contributed by atoms with Gasteiger partial charge in [0.25, 0.3) is 0 Å². The van der Waals surface area contributed by atoms with E-state index in [9.17, 15) is 0 Å². The van der Waals surface area contributed by atoms with E-state index in [1.165, 1.54) is 16.8 Å². The van der Waals surface area contributed by atoms with Crippen molar-refractivity contribution in [1.29, 1.82) is 0 Å². The fourth-order valence-electron chi connectivity index (χ4n) is 2.31. The number of aryl methyl sites for hydroxylation is 1. The number of anilines is 1. The van der Waals surface area contributed by atoms with Crippen molar-refractivity contribution in [2.24, 2.45) is 0 Å². The Bertz CT molecular complexity index is 427. The van der Waals surface area contributed by atoms with Gasteiger partial charge in [-0.1, -0.05) is 32.9 Å². The molecule has 2 nitrogen and oxygen atoms in total. The zero-order valence-electron chi connectivity index (χ0n) is 13.9. The summed E-state index contributed by atoms with van der Waals surface area (Å²) in [7, 11) is 4.18. The molecule has 0 saturated carbocycles. The van der Waals surface area contributed by atoms with E-state index in [4.69, 9.17) is 0 Å². The van der Waals surface area contributed by atoms with Crippen molar-refractivity contribution < 1.29 is 0 Å². The van der Waals surface area contributed by atoms with E-state index < -0.39 is 0 Å². The van der Waals surface area contributed by atoms with Crippen molar-refractivity contribution in [3.8, 4) is 0 Å². The molecule has 108 valence electrons. The molecule has 1 N–H and O–H groups in total. The molecular formula is C17H30N2. The van der Waals surface area contributed by atoms with Gasteiger partial charge in [-0.3, -0.25) is 0 Å². The first-order chi connectivity index (χ1) is 8.57. The van der Waals surface area contributed by atoms with Gasteiger partial charge in [0.2, 0.25) is 0 Å². The van der Waals surface area contributed by atoms with E-state index >= 15 is 0 Å². The SMILES string of the molecule is CNC(C)(C)CN(C)c1ccc(C(C)(C)C)cc1C. The number of nitrogens with zero attached hydrogens (tertiary/aromatic N) is 1. The first-order valence-corrected chi connectivity index (χ1v) is 7.08. The van der Waals surface area contributed by atoms with Crippen molar-refractivity contribution in [2.45, 2.75) is 52.5 Å². The predicted octanol–water partition coefficient (Wildman–Crippen LogP) is 3.73. The highest BCUT2D eigenvalue weighted by molar-refractivity contribution is 5.55. The Labute approximate surface area is 119 Å². The minimum atomic E-state index is 0.115. The third-order valence-corrected chi connectivity index (χ3v) is 3.78. The summed E-state index contributed by atoms with van der Waals surface area (Å²) in [4.78, 5) is 2.33. The highest BCUT2D eigenvalue weighted by Crippen LogP contribution is 2.28. The molecule has 0 aliphatic carbocycles. The monoisotopic (exact) mass is 262 g/mol. The molecule has 0 heterocycles. The van der Waals surface area contributed by atoms with Gasteiger partial charge in [0, 0.05) is 24.8 Å². The lowest BCUT2D eigenvalue weighted by molar-refractivity contribution is 0.428. The molecule has 0 fully saturated rings. The summed E-state index contributed by atoms with van der Waals surface area (Å²) in [5, 5.41) is 3.36. The lowest BCUT2D eigenvalue weighted by atomic mass is 9.86. The van der Waals surface area contributed by atoms with Crippen LogP contribution in [0.3, 0.4) is 0 Å². The molecular weight excluding hydrogens is 232 g/mol. The molecule has 0 aliphatic heterocycles. The van der Waals surface area contributed by atoms with Crippen molar-refractivity contribution >= 4 is 5.69 Å². The van der Waals surface area contributed by atoms with Crippen LogP contribution in [0.25, 0.3) is 0 Å². The summed E-state index contributed by atoms with van der Waals surface area (Å²) in [6.45, 7) is 14.4. The number of likely N-dealkylation sites (N-methyl/N-ethyl adjacent to an activating group) is 2. The minimum absolute atomic E-state index is 0.115. The van der Waals surface area contributed by atoms with Gasteiger partial charge < -0.3 is 10.2 Å². The molecule has 0 radical (unpaired) electrons. The van der Waals surface area contributed by atoms with Crippen LogP contribution in [0.5, 0.6) is 0 Å². The Kier molecular flexibility index (Phi) is 4.67. The van der Waals surface area contributed by atoms with Crippen molar-refractivity contribution in [1.82, 2.24) is 5.32 Å². The Morgan fingerprint density at radius 3 is 2.11 bits per heavy atom. The maximum atomic E-state index is 3.36. The second-order valence-corrected chi connectivity index (χ2v) is 7.24. The second-order valence-electron chi connectivity index (χ2n) is 7.24. The Balaban J connectivity index is 2.97. The highest BCUT2D eigenvalue weighted by atomic mass is 15.1. The van der Waals surface area contributed by atoms with Gasteiger partial charge >= 0.3 is 0 Å². The van der Waals surface area contributed by atoms with Crippen molar-refractivity contribution in [2.75, 3.05) is 25.5 Å². The Morgan fingerprint density at radius 2 is 1.68 bits per heavy atom. The fourth-order valence-corrected chi connectivity index (χ4v) is 2.31. The molecule has 0 atom stereocenters. The molecule has 0 spiro atoms. The average molecular weight is 262 g/mol. The Hall–Kier alpha value is -1.02. The van der Waals surface area contributed by atoms with Gasteiger partial charge in [-0.05, 0) is 50.4 Å². The van der Waals surface area contributed by atoms with E-state index in [1.54, 1.807) is 0 Å². The van der Waals surface area contributed by atoms with Crippen LogP contribution < -0.4 is 10.2 Å². The van der Waals surface area contributed by atoms with Crippen molar-refractivity contribution in [3.05, 3.63) is 29.3 Å². The zero-order chi connectivity index (χ0) is 14.8. The lowest BCUT2D eigenvalue weighted by Gasteiger charge is -2.32. The number of rotatable bonds is 4. The standard InChI is InChI=1S/C17H30N2/c1-13-11-14(16(2,3)4)9-10-15(13)19(8)12-17(5,6)18-7/h9-11,18H,12H2,1-8H3. The third-order valence-electron chi connectivity index (χ3n) is 3.78. The van der Waals surface area contributed by atoms with E-state index in [0.29, 0.717) is 0 Å². The molecule has 0 aliphatic rings. The summed E-state index contributed by atoms with van der Waals surface area (Å²) in [6, 6.07) is 6.82. The minimum Gasteiger partial charge on any atom is -0.373 e. The molecule has 1 rings (SSSR count). The largest absolute Gasteiger partial charge is 0.373 e. The molecule has 2 heteroatoms. The number of benzene rings is 1. The average Bonchev–Trinajstić information content (AvgIpc) is 2.26. The summed E-state index contributed by atoms with van der Waals surface area (Å²) in [5.74, 6) is 0.